The molecular weight excluding hydrogens is 425 g/mol. The van der Waals surface area contributed by atoms with Crippen molar-refractivity contribution in [1.29, 1.82) is 0 Å². The lowest BCUT2D eigenvalue weighted by Gasteiger charge is -2.12. The van der Waals surface area contributed by atoms with Crippen LogP contribution in [0.25, 0.3) is 0 Å². The number of hydrogen-bond donors (Lipinski definition) is 1. The van der Waals surface area contributed by atoms with Gasteiger partial charge in [0.15, 0.2) is 0 Å². The minimum absolute atomic E-state index is 0.233. The first kappa shape index (κ1) is 18.1. The zero-order valence-corrected chi connectivity index (χ0v) is 16.1. The first-order valence-corrected chi connectivity index (χ1v) is 10.0. The Balaban J connectivity index is 2.16. The highest BCUT2D eigenvalue weighted by Gasteiger charge is 2.15. The minimum Gasteiger partial charge on any atom is -0.493 e. The van der Waals surface area contributed by atoms with Crippen LogP contribution in [-0.2, 0) is 10.0 Å². The summed E-state index contributed by atoms with van der Waals surface area (Å²) in [5, 5.41) is 0. The van der Waals surface area contributed by atoms with Gasteiger partial charge in [0.25, 0.3) is 10.0 Å². The van der Waals surface area contributed by atoms with Gasteiger partial charge in [-0.15, -0.1) is 0 Å². The highest BCUT2D eigenvalue weighted by Crippen LogP contribution is 2.24. The average Bonchev–Trinajstić information content (AvgIpc) is 2.51. The Morgan fingerprint density at radius 3 is 2.43 bits per heavy atom. The van der Waals surface area contributed by atoms with Crippen LogP contribution in [0.15, 0.2) is 47.4 Å². The molecule has 0 atom stereocenters. The number of halogens is 1. The molecule has 0 saturated heterocycles. The van der Waals surface area contributed by atoms with Crippen molar-refractivity contribution in [1.82, 2.24) is 0 Å². The van der Waals surface area contributed by atoms with Gasteiger partial charge in [-0.25, -0.2) is 8.42 Å². The van der Waals surface area contributed by atoms with Crippen LogP contribution in [0, 0.1) is 10.5 Å². The molecule has 0 radical (unpaired) electrons. The fourth-order valence-electron chi connectivity index (χ4n) is 2.01. The summed E-state index contributed by atoms with van der Waals surface area (Å²) < 4.78 is 34.2. The molecular formula is C17H20INO3S. The van der Waals surface area contributed by atoms with Gasteiger partial charge < -0.3 is 4.74 Å². The van der Waals surface area contributed by atoms with Gasteiger partial charge in [0, 0.05) is 9.26 Å². The van der Waals surface area contributed by atoms with Crippen LogP contribution in [0.1, 0.15) is 25.3 Å². The van der Waals surface area contributed by atoms with Gasteiger partial charge in [0.1, 0.15) is 5.75 Å². The average molecular weight is 445 g/mol. The molecule has 0 aliphatic rings. The predicted octanol–water partition coefficient (Wildman–Crippen LogP) is 4.58. The molecule has 124 valence electrons. The van der Waals surface area contributed by atoms with Crippen molar-refractivity contribution < 1.29 is 13.2 Å². The first-order chi connectivity index (χ1) is 10.9. The van der Waals surface area contributed by atoms with Gasteiger partial charge in [-0.05, 0) is 84.0 Å². The molecule has 0 bridgehead atoms. The third kappa shape index (κ3) is 5.10. The van der Waals surface area contributed by atoms with Gasteiger partial charge >= 0.3 is 0 Å². The van der Waals surface area contributed by atoms with E-state index in [0.29, 0.717) is 12.3 Å². The van der Waals surface area contributed by atoms with Gasteiger partial charge in [0.05, 0.1) is 11.5 Å². The Morgan fingerprint density at radius 1 is 1.13 bits per heavy atom. The molecule has 0 aliphatic carbocycles. The van der Waals surface area contributed by atoms with E-state index in [2.05, 4.69) is 34.2 Å². The SMILES string of the molecule is CCCCOc1ccc(S(=O)(=O)Nc2ccc(I)cc2)cc1C. The molecule has 4 nitrogen and oxygen atoms in total. The Bertz CT molecular complexity index is 758. The van der Waals surface area contributed by atoms with Crippen LogP contribution in [-0.4, -0.2) is 15.0 Å². The molecule has 2 rings (SSSR count). The normalized spacial score (nSPS) is 11.3. The van der Waals surface area contributed by atoms with Crippen molar-refractivity contribution in [3.05, 3.63) is 51.6 Å². The molecule has 2 aromatic carbocycles. The number of unbranched alkanes of at least 4 members (excludes halogenated alkanes) is 1. The van der Waals surface area contributed by atoms with E-state index in [1.54, 1.807) is 30.3 Å². The number of anilines is 1. The topological polar surface area (TPSA) is 55.4 Å². The van der Waals surface area contributed by atoms with E-state index in [-0.39, 0.29) is 4.90 Å². The smallest absolute Gasteiger partial charge is 0.261 e. The monoisotopic (exact) mass is 445 g/mol. The third-order valence-corrected chi connectivity index (χ3v) is 5.41. The number of hydrogen-bond acceptors (Lipinski definition) is 3. The molecule has 0 aliphatic heterocycles. The number of ether oxygens (including phenoxy) is 1. The summed E-state index contributed by atoms with van der Waals surface area (Å²) in [7, 11) is -3.60. The van der Waals surface area contributed by atoms with E-state index in [9.17, 15) is 8.42 Å². The van der Waals surface area contributed by atoms with Gasteiger partial charge in [-0.2, -0.15) is 0 Å². The van der Waals surface area contributed by atoms with Gasteiger partial charge in [-0.3, -0.25) is 4.72 Å². The summed E-state index contributed by atoms with van der Waals surface area (Å²) in [6, 6.07) is 12.1. The largest absolute Gasteiger partial charge is 0.493 e. The van der Waals surface area contributed by atoms with Crippen molar-refractivity contribution in [2.24, 2.45) is 0 Å². The van der Waals surface area contributed by atoms with Crippen LogP contribution in [0.3, 0.4) is 0 Å². The molecule has 0 amide bonds. The maximum atomic E-state index is 12.5. The minimum atomic E-state index is -3.60. The highest BCUT2D eigenvalue weighted by atomic mass is 127. The predicted molar refractivity (Wildman–Crippen MR) is 102 cm³/mol. The number of sulfonamides is 1. The summed E-state index contributed by atoms with van der Waals surface area (Å²) in [6.45, 7) is 4.59. The third-order valence-electron chi connectivity index (χ3n) is 3.31. The van der Waals surface area contributed by atoms with Crippen LogP contribution in [0.4, 0.5) is 5.69 Å². The Kier molecular flexibility index (Phi) is 6.29. The fourth-order valence-corrected chi connectivity index (χ4v) is 3.51. The van der Waals surface area contributed by atoms with Crippen LogP contribution in [0.2, 0.25) is 0 Å². The van der Waals surface area contributed by atoms with E-state index >= 15 is 0 Å². The van der Waals surface area contributed by atoms with Crippen molar-refractivity contribution in [3.8, 4) is 5.75 Å². The molecule has 0 unspecified atom stereocenters. The summed E-state index contributed by atoms with van der Waals surface area (Å²) >= 11 is 2.18. The zero-order chi connectivity index (χ0) is 16.9. The number of rotatable bonds is 7. The summed E-state index contributed by atoms with van der Waals surface area (Å²) in [5.74, 6) is 0.728. The molecule has 2 aromatic rings. The van der Waals surface area contributed by atoms with Gasteiger partial charge in [0.2, 0.25) is 0 Å². The summed E-state index contributed by atoms with van der Waals surface area (Å²) in [4.78, 5) is 0.233. The van der Waals surface area contributed by atoms with Crippen molar-refractivity contribution in [3.63, 3.8) is 0 Å². The lowest BCUT2D eigenvalue weighted by molar-refractivity contribution is 0.307. The molecule has 0 spiro atoms. The lowest BCUT2D eigenvalue weighted by Crippen LogP contribution is -2.13. The fraction of sp³-hybridized carbons (Fsp3) is 0.294. The van der Waals surface area contributed by atoms with Crippen molar-refractivity contribution in [2.75, 3.05) is 11.3 Å². The van der Waals surface area contributed by atoms with Crippen LogP contribution in [0.5, 0.6) is 5.75 Å². The van der Waals surface area contributed by atoms with Crippen molar-refractivity contribution in [2.45, 2.75) is 31.6 Å². The standard InChI is InChI=1S/C17H20INO3S/c1-3-4-11-22-17-10-9-16(12-13(17)2)23(20,21)19-15-7-5-14(18)6-8-15/h5-10,12,19H,3-4,11H2,1-2H3. The summed E-state index contributed by atoms with van der Waals surface area (Å²) in [6.07, 6.45) is 2.04. The molecule has 0 saturated carbocycles. The highest BCUT2D eigenvalue weighted by molar-refractivity contribution is 14.1. The van der Waals surface area contributed by atoms with Gasteiger partial charge in [-0.1, -0.05) is 13.3 Å². The van der Waals surface area contributed by atoms with Crippen LogP contribution >= 0.6 is 22.6 Å². The van der Waals surface area contributed by atoms with E-state index in [0.717, 1.165) is 27.7 Å². The number of aryl methyl sites for hydroxylation is 1. The quantitative estimate of drug-likeness (QED) is 0.502. The molecule has 0 fully saturated rings. The van der Waals surface area contributed by atoms with Crippen molar-refractivity contribution >= 4 is 38.3 Å². The Hall–Kier alpha value is -1.28. The maximum absolute atomic E-state index is 12.5. The second-order valence-corrected chi connectivity index (χ2v) is 8.17. The molecule has 0 aromatic heterocycles. The number of nitrogens with one attached hydrogen (secondary N) is 1. The summed E-state index contributed by atoms with van der Waals surface area (Å²) in [5.41, 5.74) is 1.36. The molecule has 23 heavy (non-hydrogen) atoms. The zero-order valence-electron chi connectivity index (χ0n) is 13.2. The molecule has 1 N–H and O–H groups in total. The van der Waals surface area contributed by atoms with E-state index < -0.39 is 10.0 Å². The molecule has 0 heterocycles. The maximum Gasteiger partial charge on any atom is 0.261 e. The Labute approximate surface area is 151 Å². The molecule has 6 heteroatoms. The Morgan fingerprint density at radius 2 is 1.83 bits per heavy atom. The van der Waals surface area contributed by atoms with E-state index in [1.807, 2.05) is 19.1 Å². The lowest BCUT2D eigenvalue weighted by atomic mass is 10.2. The van der Waals surface area contributed by atoms with E-state index in [4.69, 9.17) is 4.74 Å². The second-order valence-electron chi connectivity index (χ2n) is 5.24. The second kappa shape index (κ2) is 8.01. The number of benzene rings is 2. The van der Waals surface area contributed by atoms with Crippen LogP contribution < -0.4 is 9.46 Å². The van der Waals surface area contributed by atoms with E-state index in [1.165, 1.54) is 0 Å². The first-order valence-electron chi connectivity index (χ1n) is 7.44.